The number of aliphatic hydroxyl groups is 1. The first-order valence-electron chi connectivity index (χ1n) is 5.88. The van der Waals surface area contributed by atoms with Crippen LogP contribution >= 0.6 is 23.2 Å². The monoisotopic (exact) mass is 273 g/mol. The summed E-state index contributed by atoms with van der Waals surface area (Å²) >= 11 is 12.3. The molecule has 17 heavy (non-hydrogen) atoms. The first kappa shape index (κ1) is 13.2. The molecule has 4 heteroatoms. The van der Waals surface area contributed by atoms with Crippen molar-refractivity contribution in [3.63, 3.8) is 0 Å². The Morgan fingerprint density at radius 2 is 1.94 bits per heavy atom. The van der Waals surface area contributed by atoms with Crippen molar-refractivity contribution in [2.75, 3.05) is 6.54 Å². The van der Waals surface area contributed by atoms with Crippen molar-refractivity contribution in [2.45, 2.75) is 25.4 Å². The van der Waals surface area contributed by atoms with E-state index >= 15 is 0 Å². The number of benzene rings is 1. The van der Waals surface area contributed by atoms with Crippen molar-refractivity contribution in [3.8, 4) is 0 Å². The van der Waals surface area contributed by atoms with Crippen LogP contribution in [0.1, 0.15) is 24.8 Å². The summed E-state index contributed by atoms with van der Waals surface area (Å²) in [7, 11) is 0. The summed E-state index contributed by atoms with van der Waals surface area (Å²) in [5.74, 6) is 0.724. The molecule has 0 radical (unpaired) electrons. The molecule has 0 aliphatic heterocycles. The lowest BCUT2D eigenvalue weighted by Crippen LogP contribution is -2.28. The highest BCUT2D eigenvalue weighted by atomic mass is 35.5. The second kappa shape index (κ2) is 5.15. The second-order valence-corrected chi connectivity index (χ2v) is 5.66. The largest absolute Gasteiger partial charge is 0.392 e. The number of aliphatic hydroxyl groups excluding tert-OH is 1. The lowest BCUT2D eigenvalue weighted by molar-refractivity contribution is 0.118. The van der Waals surface area contributed by atoms with Crippen LogP contribution in [0.3, 0.4) is 0 Å². The van der Waals surface area contributed by atoms with Crippen molar-refractivity contribution < 1.29 is 5.11 Å². The molecule has 0 saturated heterocycles. The van der Waals surface area contributed by atoms with Crippen molar-refractivity contribution >= 4 is 23.2 Å². The van der Waals surface area contributed by atoms with Crippen LogP contribution in [0, 0.1) is 11.8 Å². The number of rotatable bonds is 4. The van der Waals surface area contributed by atoms with Crippen LogP contribution in [0.25, 0.3) is 0 Å². The van der Waals surface area contributed by atoms with Gasteiger partial charge in [0.25, 0.3) is 0 Å². The second-order valence-electron chi connectivity index (χ2n) is 4.84. The summed E-state index contributed by atoms with van der Waals surface area (Å²) in [5.41, 5.74) is 6.56. The van der Waals surface area contributed by atoms with Gasteiger partial charge in [0.1, 0.15) is 0 Å². The Balaban J connectivity index is 2.28. The minimum absolute atomic E-state index is 0.175. The molecule has 0 bridgehead atoms. The van der Waals surface area contributed by atoms with Crippen LogP contribution in [0.15, 0.2) is 18.2 Å². The summed E-state index contributed by atoms with van der Waals surface area (Å²) in [6.07, 6.45) is 0.604. The smallest absolute Gasteiger partial charge is 0.0652 e. The summed E-state index contributed by atoms with van der Waals surface area (Å²) in [6, 6.07) is 5.37. The average Bonchev–Trinajstić information content (AvgIpc) is 3.00. The number of halogens is 2. The Kier molecular flexibility index (Phi) is 3.99. The normalized spacial score (nSPS) is 26.6. The molecule has 1 aromatic carbocycles. The van der Waals surface area contributed by atoms with E-state index in [2.05, 4.69) is 6.92 Å². The molecule has 1 aliphatic rings. The highest BCUT2D eigenvalue weighted by Gasteiger charge is 2.42. The fourth-order valence-corrected chi connectivity index (χ4v) is 3.10. The quantitative estimate of drug-likeness (QED) is 0.886. The maximum absolute atomic E-state index is 10.3. The van der Waals surface area contributed by atoms with Gasteiger partial charge in [-0.25, -0.2) is 0 Å². The molecule has 4 unspecified atom stereocenters. The van der Waals surface area contributed by atoms with Crippen LogP contribution in [0.5, 0.6) is 0 Å². The Morgan fingerprint density at radius 3 is 2.35 bits per heavy atom. The highest BCUT2D eigenvalue weighted by molar-refractivity contribution is 6.36. The molecule has 94 valence electrons. The van der Waals surface area contributed by atoms with Gasteiger partial charge in [0.15, 0.2) is 0 Å². The van der Waals surface area contributed by atoms with Crippen molar-refractivity contribution in [2.24, 2.45) is 17.6 Å². The first-order valence-corrected chi connectivity index (χ1v) is 6.64. The molecular formula is C13H17Cl2NO. The lowest BCUT2D eigenvalue weighted by atomic mass is 9.90. The van der Waals surface area contributed by atoms with Gasteiger partial charge in [-0.3, -0.25) is 0 Å². The van der Waals surface area contributed by atoms with Gasteiger partial charge in [0.05, 0.1) is 6.10 Å². The van der Waals surface area contributed by atoms with Gasteiger partial charge >= 0.3 is 0 Å². The van der Waals surface area contributed by atoms with Gasteiger partial charge in [-0.15, -0.1) is 0 Å². The van der Waals surface area contributed by atoms with Crippen LogP contribution in [-0.2, 0) is 0 Å². The zero-order valence-electron chi connectivity index (χ0n) is 9.74. The SMILES string of the molecule is CC1CC1C(O)C(CN)c1c(Cl)cccc1Cl. The van der Waals surface area contributed by atoms with E-state index in [1.807, 2.05) is 0 Å². The Hall–Kier alpha value is -0.280. The standard InChI is InChI=1S/C13H17Cl2NO/c1-7-5-8(7)13(17)9(6-16)12-10(14)3-2-4-11(12)15/h2-4,7-9,13,17H,5-6,16H2,1H3. The fraction of sp³-hybridized carbons (Fsp3) is 0.538. The third-order valence-corrected chi connectivity index (χ3v) is 4.31. The zero-order valence-corrected chi connectivity index (χ0v) is 11.2. The van der Waals surface area contributed by atoms with Gasteiger partial charge < -0.3 is 10.8 Å². The van der Waals surface area contributed by atoms with E-state index in [9.17, 15) is 5.11 Å². The van der Waals surface area contributed by atoms with E-state index in [4.69, 9.17) is 28.9 Å². The number of hydrogen-bond donors (Lipinski definition) is 2. The molecule has 1 saturated carbocycles. The summed E-state index contributed by atoms with van der Waals surface area (Å²) in [6.45, 7) is 2.49. The van der Waals surface area contributed by atoms with Gasteiger partial charge in [0.2, 0.25) is 0 Å². The third-order valence-electron chi connectivity index (χ3n) is 3.65. The van der Waals surface area contributed by atoms with E-state index in [0.717, 1.165) is 12.0 Å². The van der Waals surface area contributed by atoms with Gasteiger partial charge in [-0.05, 0) is 36.0 Å². The molecule has 0 heterocycles. The van der Waals surface area contributed by atoms with Crippen LogP contribution < -0.4 is 5.73 Å². The van der Waals surface area contributed by atoms with Crippen molar-refractivity contribution in [1.82, 2.24) is 0 Å². The predicted octanol–water partition coefficient (Wildman–Crippen LogP) is 3.05. The van der Waals surface area contributed by atoms with Gasteiger partial charge in [0, 0.05) is 22.5 Å². The maximum atomic E-state index is 10.3. The predicted molar refractivity (Wildman–Crippen MR) is 71.5 cm³/mol. The minimum Gasteiger partial charge on any atom is -0.392 e. The van der Waals surface area contributed by atoms with E-state index in [1.165, 1.54) is 0 Å². The minimum atomic E-state index is -0.451. The highest BCUT2D eigenvalue weighted by Crippen LogP contribution is 2.46. The molecule has 0 spiro atoms. The lowest BCUT2D eigenvalue weighted by Gasteiger charge is -2.24. The topological polar surface area (TPSA) is 46.2 Å². The molecular weight excluding hydrogens is 257 g/mol. The van der Waals surface area contributed by atoms with Gasteiger partial charge in [-0.1, -0.05) is 36.2 Å². The first-order chi connectivity index (χ1) is 8.06. The third kappa shape index (κ3) is 2.60. The van der Waals surface area contributed by atoms with Gasteiger partial charge in [-0.2, -0.15) is 0 Å². The summed E-state index contributed by atoms with van der Waals surface area (Å²) in [5, 5.41) is 11.5. The van der Waals surface area contributed by atoms with E-state index in [0.29, 0.717) is 28.4 Å². The molecule has 2 nitrogen and oxygen atoms in total. The average molecular weight is 274 g/mol. The molecule has 1 aromatic rings. The molecule has 1 fully saturated rings. The van der Waals surface area contributed by atoms with Crippen molar-refractivity contribution in [1.29, 1.82) is 0 Å². The van der Waals surface area contributed by atoms with E-state index in [1.54, 1.807) is 18.2 Å². The maximum Gasteiger partial charge on any atom is 0.0652 e. The fourth-order valence-electron chi connectivity index (χ4n) is 2.42. The molecule has 0 amide bonds. The van der Waals surface area contributed by atoms with E-state index < -0.39 is 6.10 Å². The molecule has 3 N–H and O–H groups in total. The van der Waals surface area contributed by atoms with E-state index in [-0.39, 0.29) is 5.92 Å². The molecule has 2 rings (SSSR count). The summed E-state index contributed by atoms with van der Waals surface area (Å²) < 4.78 is 0. The zero-order chi connectivity index (χ0) is 12.6. The van der Waals surface area contributed by atoms with Crippen molar-refractivity contribution in [3.05, 3.63) is 33.8 Å². The van der Waals surface area contributed by atoms with Crippen LogP contribution in [0.4, 0.5) is 0 Å². The molecule has 0 aromatic heterocycles. The Labute approximate surface area is 112 Å². The summed E-state index contributed by atoms with van der Waals surface area (Å²) in [4.78, 5) is 0. The number of nitrogens with two attached hydrogens (primary N) is 1. The van der Waals surface area contributed by atoms with Crippen LogP contribution in [0.2, 0.25) is 10.0 Å². The number of hydrogen-bond acceptors (Lipinski definition) is 2. The molecule has 4 atom stereocenters. The Bertz CT molecular complexity index is 390. The van der Waals surface area contributed by atoms with Crippen LogP contribution in [-0.4, -0.2) is 17.8 Å². The Morgan fingerprint density at radius 1 is 1.41 bits per heavy atom. The molecule has 1 aliphatic carbocycles.